The van der Waals surface area contributed by atoms with E-state index in [-0.39, 0.29) is 0 Å². The number of rotatable bonds is 4. The molecule has 3 heteroatoms. The van der Waals surface area contributed by atoms with E-state index in [1.54, 1.807) is 0 Å². The van der Waals surface area contributed by atoms with Gasteiger partial charge >= 0.3 is 0 Å². The van der Waals surface area contributed by atoms with Gasteiger partial charge in [-0.3, -0.25) is 0 Å². The summed E-state index contributed by atoms with van der Waals surface area (Å²) in [6.07, 6.45) is 1.38. The minimum absolute atomic E-state index is 0.560. The molecule has 1 aliphatic carbocycles. The molecule has 16 heavy (non-hydrogen) atoms. The predicted octanol–water partition coefficient (Wildman–Crippen LogP) is 4.28. The van der Waals surface area contributed by atoms with Gasteiger partial charge in [-0.2, -0.15) is 0 Å². The van der Waals surface area contributed by atoms with Crippen LogP contribution in [0.3, 0.4) is 0 Å². The first-order valence-corrected chi connectivity index (χ1v) is 7.00. The van der Waals surface area contributed by atoms with Gasteiger partial charge < -0.3 is 4.90 Å². The second kappa shape index (κ2) is 4.97. The first-order chi connectivity index (χ1) is 7.61. The highest BCUT2D eigenvalue weighted by Gasteiger charge is 2.33. The maximum Gasteiger partial charge on any atom is 0.0485 e. The topological polar surface area (TPSA) is 3.24 Å². The molecule has 1 aliphatic rings. The van der Waals surface area contributed by atoms with Crippen molar-refractivity contribution in [3.8, 4) is 0 Å². The Bertz CT molecular complexity index is 380. The van der Waals surface area contributed by atoms with Gasteiger partial charge in [0.2, 0.25) is 0 Å². The Labute approximate surface area is 111 Å². The molecule has 0 aromatic heterocycles. The smallest absolute Gasteiger partial charge is 0.0485 e. The van der Waals surface area contributed by atoms with Crippen molar-refractivity contribution < 1.29 is 0 Å². The van der Waals surface area contributed by atoms with Crippen LogP contribution in [0.5, 0.6) is 0 Å². The zero-order valence-electron chi connectivity index (χ0n) is 9.71. The molecular formula is C13H17BrClN. The Hall–Kier alpha value is -0.210. The quantitative estimate of drug-likeness (QED) is 0.750. The van der Waals surface area contributed by atoms with Crippen molar-refractivity contribution in [3.63, 3.8) is 0 Å². The van der Waals surface area contributed by atoms with Gasteiger partial charge in [-0.15, -0.1) is 11.6 Å². The van der Waals surface area contributed by atoms with Crippen LogP contribution in [0.4, 0.5) is 5.69 Å². The van der Waals surface area contributed by atoms with Gasteiger partial charge in [-0.25, -0.2) is 0 Å². The predicted molar refractivity (Wildman–Crippen MR) is 74.2 cm³/mol. The lowest BCUT2D eigenvalue weighted by Gasteiger charge is -2.20. The molecule has 0 bridgehead atoms. The van der Waals surface area contributed by atoms with E-state index >= 15 is 0 Å². The van der Waals surface area contributed by atoms with Gasteiger partial charge in [0, 0.05) is 29.6 Å². The molecule has 1 fully saturated rings. The van der Waals surface area contributed by atoms with Gasteiger partial charge in [0.05, 0.1) is 0 Å². The third kappa shape index (κ3) is 2.72. The highest BCUT2D eigenvalue weighted by atomic mass is 79.9. The number of anilines is 1. The lowest BCUT2D eigenvalue weighted by atomic mass is 10.2. The van der Waals surface area contributed by atoms with Crippen LogP contribution in [0.25, 0.3) is 0 Å². The number of benzene rings is 1. The lowest BCUT2D eigenvalue weighted by molar-refractivity contribution is 0.725. The summed E-state index contributed by atoms with van der Waals surface area (Å²) in [5, 5.41) is 0. The van der Waals surface area contributed by atoms with E-state index in [1.807, 2.05) is 0 Å². The summed E-state index contributed by atoms with van der Waals surface area (Å²) in [6, 6.07) is 6.40. The Morgan fingerprint density at radius 2 is 2.19 bits per heavy atom. The zero-order chi connectivity index (χ0) is 11.7. The molecule has 0 aliphatic heterocycles. The van der Waals surface area contributed by atoms with Crippen molar-refractivity contribution in [1.29, 1.82) is 0 Å². The van der Waals surface area contributed by atoms with Crippen molar-refractivity contribution in [2.75, 3.05) is 18.5 Å². The summed E-state index contributed by atoms with van der Waals surface area (Å²) in [7, 11) is 2.16. The van der Waals surface area contributed by atoms with Gasteiger partial charge in [-0.1, -0.05) is 28.9 Å². The van der Waals surface area contributed by atoms with Crippen molar-refractivity contribution >= 4 is 33.2 Å². The molecule has 0 N–H and O–H groups in total. The first kappa shape index (κ1) is 12.3. The van der Waals surface area contributed by atoms with E-state index in [4.69, 9.17) is 11.6 Å². The van der Waals surface area contributed by atoms with Crippen LogP contribution in [0.1, 0.15) is 18.9 Å². The van der Waals surface area contributed by atoms with E-state index in [0.29, 0.717) is 5.88 Å². The summed E-state index contributed by atoms with van der Waals surface area (Å²) in [6.45, 7) is 3.48. The highest BCUT2D eigenvalue weighted by molar-refractivity contribution is 9.10. The molecule has 1 saturated carbocycles. The van der Waals surface area contributed by atoms with Crippen LogP contribution < -0.4 is 4.90 Å². The summed E-state index contributed by atoms with van der Waals surface area (Å²) in [4.78, 5) is 2.33. The molecule has 2 atom stereocenters. The fourth-order valence-electron chi connectivity index (χ4n) is 1.99. The molecule has 0 spiro atoms. The van der Waals surface area contributed by atoms with E-state index in [9.17, 15) is 0 Å². The first-order valence-electron chi connectivity index (χ1n) is 5.67. The molecular weight excluding hydrogens is 286 g/mol. The third-order valence-electron chi connectivity index (χ3n) is 3.41. The minimum Gasteiger partial charge on any atom is -0.374 e. The van der Waals surface area contributed by atoms with Crippen LogP contribution in [-0.2, 0) is 5.88 Å². The second-order valence-electron chi connectivity index (χ2n) is 4.76. The van der Waals surface area contributed by atoms with Gasteiger partial charge in [0.15, 0.2) is 0 Å². The molecule has 2 unspecified atom stereocenters. The standard InChI is InChI=1S/C13H17BrClN/c1-9-5-11(9)8-16(2)12-4-3-10(7-15)13(14)6-12/h3-4,6,9,11H,5,7-8H2,1-2H3. The van der Waals surface area contributed by atoms with E-state index in [0.717, 1.165) is 28.4 Å². The normalized spacial score (nSPS) is 23.2. The van der Waals surface area contributed by atoms with E-state index in [2.05, 4.69) is 53.0 Å². The Morgan fingerprint density at radius 3 is 2.69 bits per heavy atom. The van der Waals surface area contributed by atoms with Crippen molar-refractivity contribution in [2.24, 2.45) is 11.8 Å². The zero-order valence-corrected chi connectivity index (χ0v) is 12.1. The molecule has 0 radical (unpaired) electrons. The lowest BCUT2D eigenvalue weighted by Crippen LogP contribution is -2.20. The number of alkyl halides is 1. The second-order valence-corrected chi connectivity index (χ2v) is 5.88. The number of halogens is 2. The molecule has 1 nitrogen and oxygen atoms in total. The van der Waals surface area contributed by atoms with Gasteiger partial charge in [-0.05, 0) is 36.0 Å². The fraction of sp³-hybridized carbons (Fsp3) is 0.538. The molecule has 88 valence electrons. The molecule has 0 heterocycles. The van der Waals surface area contributed by atoms with Crippen LogP contribution >= 0.6 is 27.5 Å². The summed E-state index contributed by atoms with van der Waals surface area (Å²) >= 11 is 9.39. The fourth-order valence-corrected chi connectivity index (χ4v) is 2.89. The monoisotopic (exact) mass is 301 g/mol. The molecule has 2 rings (SSSR count). The van der Waals surface area contributed by atoms with Crippen LogP contribution in [0.2, 0.25) is 0 Å². The van der Waals surface area contributed by atoms with Gasteiger partial charge in [0.1, 0.15) is 0 Å². The van der Waals surface area contributed by atoms with Crippen LogP contribution in [0.15, 0.2) is 22.7 Å². The summed E-state index contributed by atoms with van der Waals surface area (Å²) in [5.74, 6) is 2.36. The third-order valence-corrected chi connectivity index (χ3v) is 4.43. The molecule has 0 amide bonds. The van der Waals surface area contributed by atoms with E-state index < -0.39 is 0 Å². The summed E-state index contributed by atoms with van der Waals surface area (Å²) < 4.78 is 1.11. The van der Waals surface area contributed by atoms with Crippen LogP contribution in [0, 0.1) is 11.8 Å². The average Bonchev–Trinajstić information content (AvgIpc) is 2.94. The molecule has 1 aromatic rings. The molecule has 1 aromatic carbocycles. The number of hydrogen-bond acceptors (Lipinski definition) is 1. The Balaban J connectivity index is 2.05. The highest BCUT2D eigenvalue weighted by Crippen LogP contribution is 2.39. The number of nitrogens with zero attached hydrogens (tertiary/aromatic N) is 1. The Kier molecular flexibility index (Phi) is 3.81. The number of hydrogen-bond donors (Lipinski definition) is 0. The average molecular weight is 303 g/mol. The van der Waals surface area contributed by atoms with Crippen molar-refractivity contribution in [3.05, 3.63) is 28.2 Å². The largest absolute Gasteiger partial charge is 0.374 e. The summed E-state index contributed by atoms with van der Waals surface area (Å²) in [5.41, 5.74) is 2.42. The minimum atomic E-state index is 0.560. The van der Waals surface area contributed by atoms with Gasteiger partial charge in [0.25, 0.3) is 0 Å². The SMILES string of the molecule is CC1CC1CN(C)c1ccc(CCl)c(Br)c1. The van der Waals surface area contributed by atoms with Crippen molar-refractivity contribution in [1.82, 2.24) is 0 Å². The Morgan fingerprint density at radius 1 is 1.50 bits per heavy atom. The van der Waals surface area contributed by atoms with Crippen molar-refractivity contribution in [2.45, 2.75) is 19.2 Å². The maximum absolute atomic E-state index is 5.83. The van der Waals surface area contributed by atoms with Crippen LogP contribution in [-0.4, -0.2) is 13.6 Å². The molecule has 0 saturated heterocycles. The van der Waals surface area contributed by atoms with E-state index in [1.165, 1.54) is 12.1 Å². The maximum atomic E-state index is 5.83.